The normalized spacial score (nSPS) is 22.8. The van der Waals surface area contributed by atoms with Gasteiger partial charge in [-0.2, -0.15) is 0 Å². The Bertz CT molecular complexity index is 1090. The number of halogens is 1. The van der Waals surface area contributed by atoms with Crippen LogP contribution in [0.3, 0.4) is 0 Å². The molecule has 2 aliphatic rings. The minimum absolute atomic E-state index is 0.146. The molecule has 0 saturated carbocycles. The molecule has 8 nitrogen and oxygen atoms in total. The molecule has 0 aliphatic carbocycles. The van der Waals surface area contributed by atoms with E-state index in [0.29, 0.717) is 24.0 Å². The van der Waals surface area contributed by atoms with E-state index in [-0.39, 0.29) is 30.8 Å². The van der Waals surface area contributed by atoms with Crippen molar-refractivity contribution in [2.45, 2.75) is 50.7 Å². The summed E-state index contributed by atoms with van der Waals surface area (Å²) in [6.45, 7) is 1.81. The Morgan fingerprint density at radius 1 is 1.23 bits per heavy atom. The summed E-state index contributed by atoms with van der Waals surface area (Å²) >= 11 is 0. The first-order valence-corrected chi connectivity index (χ1v) is 10.7. The Morgan fingerprint density at radius 2 is 2.03 bits per heavy atom. The lowest BCUT2D eigenvalue weighted by Crippen LogP contribution is -2.53. The zero-order chi connectivity index (χ0) is 21.4. The molecule has 2 aliphatic heterocycles. The van der Waals surface area contributed by atoms with Crippen molar-refractivity contribution in [3.63, 3.8) is 0 Å². The molecule has 2 N–H and O–H groups in total. The largest absolute Gasteiger partial charge is 0.441 e. The van der Waals surface area contributed by atoms with Crippen LogP contribution in [0.4, 0.5) is 15.0 Å². The van der Waals surface area contributed by atoms with Gasteiger partial charge >= 0.3 is 6.03 Å². The number of urea groups is 1. The topological polar surface area (TPSA) is 96.2 Å². The number of alkyl halides is 1. The number of hydrogen-bond acceptors (Lipinski definition) is 6. The molecule has 162 valence electrons. The highest BCUT2D eigenvalue weighted by atomic mass is 19.1. The SMILES string of the molecule is Cc1ncc(-c2ccc3nnc(NC(=O)N4C5CC[C@H]4CC(NCCF)C5)cc3c2)o1. The molecule has 3 aromatic rings. The number of benzene rings is 1. The number of hydrogen-bond donors (Lipinski definition) is 2. The maximum absolute atomic E-state index is 13.0. The van der Waals surface area contributed by atoms with E-state index in [2.05, 4.69) is 25.8 Å². The summed E-state index contributed by atoms with van der Waals surface area (Å²) in [6.07, 6.45) is 5.36. The molecule has 3 atom stereocenters. The second kappa shape index (κ2) is 8.22. The van der Waals surface area contributed by atoms with Crippen LogP contribution >= 0.6 is 0 Å². The van der Waals surface area contributed by atoms with Crippen LogP contribution in [0.25, 0.3) is 22.2 Å². The van der Waals surface area contributed by atoms with Crippen molar-refractivity contribution in [1.29, 1.82) is 0 Å². The number of nitrogens with one attached hydrogen (secondary N) is 2. The number of amides is 2. The number of fused-ring (bicyclic) bond motifs is 3. The van der Waals surface area contributed by atoms with Gasteiger partial charge in [0.25, 0.3) is 0 Å². The van der Waals surface area contributed by atoms with Crippen LogP contribution in [-0.4, -0.2) is 57.5 Å². The van der Waals surface area contributed by atoms with Crippen LogP contribution in [0.1, 0.15) is 31.6 Å². The highest BCUT2D eigenvalue weighted by Crippen LogP contribution is 2.36. The van der Waals surface area contributed by atoms with Crippen molar-refractivity contribution in [1.82, 2.24) is 25.4 Å². The van der Waals surface area contributed by atoms with Gasteiger partial charge in [-0.25, -0.2) is 14.2 Å². The van der Waals surface area contributed by atoms with Crippen molar-refractivity contribution in [2.24, 2.45) is 0 Å². The van der Waals surface area contributed by atoms with Gasteiger partial charge < -0.3 is 14.6 Å². The highest BCUT2D eigenvalue weighted by molar-refractivity contribution is 5.92. The molecule has 2 saturated heterocycles. The smallest absolute Gasteiger partial charge is 0.323 e. The first-order chi connectivity index (χ1) is 15.1. The highest BCUT2D eigenvalue weighted by Gasteiger charge is 2.43. The molecule has 2 fully saturated rings. The van der Waals surface area contributed by atoms with Crippen molar-refractivity contribution in [2.75, 3.05) is 18.5 Å². The summed E-state index contributed by atoms with van der Waals surface area (Å²) < 4.78 is 18.1. The van der Waals surface area contributed by atoms with Gasteiger partial charge in [0, 0.05) is 42.5 Å². The predicted octanol–water partition coefficient (Wildman–Crippen LogP) is 3.68. The second-order valence-corrected chi connectivity index (χ2v) is 8.28. The summed E-state index contributed by atoms with van der Waals surface area (Å²) in [7, 11) is 0. The molecular formula is C22H25FN6O2. The average molecular weight is 424 g/mol. The summed E-state index contributed by atoms with van der Waals surface area (Å²) in [5, 5.41) is 15.5. The Kier molecular flexibility index (Phi) is 5.27. The van der Waals surface area contributed by atoms with Crippen molar-refractivity contribution >= 4 is 22.8 Å². The molecule has 31 heavy (non-hydrogen) atoms. The van der Waals surface area contributed by atoms with Gasteiger partial charge in [0.2, 0.25) is 0 Å². The zero-order valence-corrected chi connectivity index (χ0v) is 17.3. The van der Waals surface area contributed by atoms with Gasteiger partial charge in [-0.1, -0.05) is 0 Å². The Morgan fingerprint density at radius 3 is 2.74 bits per heavy atom. The number of aromatic nitrogens is 3. The number of oxazole rings is 1. The molecule has 1 aromatic carbocycles. The van der Waals surface area contributed by atoms with Gasteiger partial charge in [-0.05, 0) is 49.9 Å². The predicted molar refractivity (Wildman–Crippen MR) is 114 cm³/mol. The quantitative estimate of drug-likeness (QED) is 0.649. The van der Waals surface area contributed by atoms with Crippen LogP contribution in [0.2, 0.25) is 0 Å². The lowest BCUT2D eigenvalue weighted by molar-refractivity contribution is 0.141. The molecule has 0 spiro atoms. The van der Waals surface area contributed by atoms with Crippen LogP contribution < -0.4 is 10.6 Å². The third-order valence-electron chi connectivity index (χ3n) is 6.22. The Balaban J connectivity index is 1.31. The van der Waals surface area contributed by atoms with E-state index in [0.717, 1.165) is 42.1 Å². The molecule has 2 unspecified atom stereocenters. The van der Waals surface area contributed by atoms with E-state index >= 15 is 0 Å². The van der Waals surface area contributed by atoms with Crippen molar-refractivity contribution in [3.05, 3.63) is 36.4 Å². The first-order valence-electron chi connectivity index (χ1n) is 10.7. The van der Waals surface area contributed by atoms with Gasteiger partial charge in [0.1, 0.15) is 6.67 Å². The lowest BCUT2D eigenvalue weighted by atomic mass is 9.97. The van der Waals surface area contributed by atoms with E-state index in [9.17, 15) is 9.18 Å². The molecule has 9 heteroatoms. The Hall–Kier alpha value is -3.07. The molecular weight excluding hydrogens is 399 g/mol. The maximum atomic E-state index is 13.0. The fraction of sp³-hybridized carbons (Fsp3) is 0.455. The summed E-state index contributed by atoms with van der Waals surface area (Å²) in [5.41, 5.74) is 1.62. The summed E-state index contributed by atoms with van der Waals surface area (Å²) in [6, 6.07) is 8.03. The number of piperidine rings is 1. The Labute approximate surface area is 179 Å². The number of nitrogens with zero attached hydrogens (tertiary/aromatic N) is 4. The van der Waals surface area contributed by atoms with E-state index < -0.39 is 0 Å². The molecule has 2 aromatic heterocycles. The van der Waals surface area contributed by atoms with Gasteiger partial charge in [0.05, 0.1) is 11.7 Å². The molecule has 0 radical (unpaired) electrons. The van der Waals surface area contributed by atoms with E-state index in [1.165, 1.54) is 0 Å². The fourth-order valence-electron chi connectivity index (χ4n) is 4.86. The van der Waals surface area contributed by atoms with Crippen molar-refractivity contribution < 1.29 is 13.6 Å². The fourth-order valence-corrected chi connectivity index (χ4v) is 4.86. The zero-order valence-electron chi connectivity index (χ0n) is 17.3. The standard InChI is InChI=1S/C22H25FN6O2/c1-13-25-12-20(31-13)14-2-5-19-15(8-14)9-21(28-27-19)26-22(30)29-17-3-4-18(29)11-16(10-17)24-7-6-23/h2,5,8-9,12,16-18,24H,3-4,6-7,10-11H2,1H3,(H,26,28,30)/t16?,17-,18?/m0/s1. The van der Waals surface area contributed by atoms with E-state index in [1.807, 2.05) is 29.2 Å². The van der Waals surface area contributed by atoms with Gasteiger partial charge in [-0.15, -0.1) is 10.2 Å². The minimum Gasteiger partial charge on any atom is -0.441 e. The molecule has 4 heterocycles. The second-order valence-electron chi connectivity index (χ2n) is 8.28. The number of rotatable bonds is 5. The molecule has 2 bridgehead atoms. The average Bonchev–Trinajstić information content (AvgIpc) is 3.32. The van der Waals surface area contributed by atoms with E-state index in [4.69, 9.17) is 4.42 Å². The van der Waals surface area contributed by atoms with Crippen LogP contribution in [0.5, 0.6) is 0 Å². The third kappa shape index (κ3) is 3.97. The number of aryl methyl sites for hydroxylation is 1. The lowest BCUT2D eigenvalue weighted by Gasteiger charge is -2.39. The van der Waals surface area contributed by atoms with Crippen LogP contribution in [0.15, 0.2) is 34.9 Å². The molecule has 2 amide bonds. The first kappa shape index (κ1) is 19.9. The minimum atomic E-state index is -0.367. The number of anilines is 1. The van der Waals surface area contributed by atoms with Crippen LogP contribution in [0, 0.1) is 6.92 Å². The van der Waals surface area contributed by atoms with Crippen LogP contribution in [-0.2, 0) is 0 Å². The molecule has 5 rings (SSSR count). The summed E-state index contributed by atoms with van der Waals surface area (Å²) in [5.74, 6) is 1.71. The van der Waals surface area contributed by atoms with Crippen molar-refractivity contribution in [3.8, 4) is 11.3 Å². The van der Waals surface area contributed by atoms with Gasteiger partial charge in [-0.3, -0.25) is 5.32 Å². The monoisotopic (exact) mass is 424 g/mol. The third-order valence-corrected chi connectivity index (χ3v) is 6.22. The number of carbonyl (C=O) groups excluding carboxylic acids is 1. The number of carbonyl (C=O) groups is 1. The van der Waals surface area contributed by atoms with Gasteiger partial charge in [0.15, 0.2) is 17.5 Å². The maximum Gasteiger partial charge on any atom is 0.323 e. The summed E-state index contributed by atoms with van der Waals surface area (Å²) in [4.78, 5) is 19.1. The van der Waals surface area contributed by atoms with E-state index in [1.54, 1.807) is 13.1 Å².